The van der Waals surface area contributed by atoms with E-state index in [9.17, 15) is 4.79 Å². The van der Waals surface area contributed by atoms with Crippen LogP contribution in [0, 0.1) is 6.92 Å². The summed E-state index contributed by atoms with van der Waals surface area (Å²) >= 11 is 2.81. The molecule has 2 aromatic carbocycles. The van der Waals surface area contributed by atoms with Gasteiger partial charge < -0.3 is 4.90 Å². The molecule has 0 aliphatic carbocycles. The molecule has 0 fully saturated rings. The second kappa shape index (κ2) is 6.98. The second-order valence-corrected chi connectivity index (χ2v) is 7.94. The van der Waals surface area contributed by atoms with E-state index in [4.69, 9.17) is 0 Å². The molecule has 25 heavy (non-hydrogen) atoms. The lowest BCUT2D eigenvalue weighted by Crippen LogP contribution is -2.30. The minimum atomic E-state index is 0.127. The summed E-state index contributed by atoms with van der Waals surface area (Å²) in [5.41, 5.74) is 4.52. The van der Waals surface area contributed by atoms with Crippen molar-refractivity contribution >= 4 is 34.9 Å². The summed E-state index contributed by atoms with van der Waals surface area (Å²) < 4.78 is 5.24. The van der Waals surface area contributed by atoms with Gasteiger partial charge in [0.15, 0.2) is 10.2 Å². The van der Waals surface area contributed by atoms with Crippen LogP contribution in [0.2, 0.25) is 0 Å². The summed E-state index contributed by atoms with van der Waals surface area (Å²) in [6.07, 6.45) is 0.933. The van der Waals surface area contributed by atoms with Crippen LogP contribution in [0.1, 0.15) is 11.1 Å². The fraction of sp³-hybridized carbons (Fsp3) is 0.211. The molecule has 1 aliphatic rings. The van der Waals surface area contributed by atoms with Crippen LogP contribution in [0.15, 0.2) is 52.9 Å². The number of carbonyl (C=O) groups is 1. The molecule has 0 radical (unpaired) electrons. The Bertz CT molecular complexity index is 905. The third kappa shape index (κ3) is 3.45. The lowest BCUT2D eigenvalue weighted by Gasteiger charge is -2.16. The number of thioether (sulfide) groups is 1. The minimum Gasteiger partial charge on any atom is -0.311 e. The van der Waals surface area contributed by atoms with Gasteiger partial charge >= 0.3 is 0 Å². The number of amides is 1. The van der Waals surface area contributed by atoms with Crippen molar-refractivity contribution in [2.75, 3.05) is 17.2 Å². The van der Waals surface area contributed by atoms with E-state index in [0.717, 1.165) is 34.4 Å². The Kier molecular flexibility index (Phi) is 4.55. The predicted octanol–water partition coefficient (Wildman–Crippen LogP) is 4.19. The third-order valence-corrected chi connectivity index (χ3v) is 6.04. The van der Waals surface area contributed by atoms with Crippen molar-refractivity contribution in [2.24, 2.45) is 0 Å². The zero-order valence-electron chi connectivity index (χ0n) is 13.8. The Morgan fingerprint density at radius 3 is 2.84 bits per heavy atom. The monoisotopic (exact) mass is 367 g/mol. The predicted molar refractivity (Wildman–Crippen MR) is 103 cm³/mol. The quantitative estimate of drug-likeness (QED) is 0.649. The van der Waals surface area contributed by atoms with Gasteiger partial charge in [-0.2, -0.15) is 4.37 Å². The maximum atomic E-state index is 12.6. The number of carbonyl (C=O) groups excluding carboxylic acids is 1. The number of anilines is 1. The van der Waals surface area contributed by atoms with Gasteiger partial charge in [0.1, 0.15) is 0 Å². The average Bonchev–Trinajstić information content (AvgIpc) is 3.27. The number of hydrogen-bond acceptors (Lipinski definition) is 5. The smallest absolute Gasteiger partial charge is 0.237 e. The molecule has 1 aliphatic heterocycles. The first-order valence-corrected chi connectivity index (χ1v) is 9.88. The van der Waals surface area contributed by atoms with Gasteiger partial charge in [0, 0.05) is 17.8 Å². The normalized spacial score (nSPS) is 13.1. The van der Waals surface area contributed by atoms with Crippen LogP contribution < -0.4 is 4.90 Å². The van der Waals surface area contributed by atoms with Crippen molar-refractivity contribution in [1.29, 1.82) is 0 Å². The van der Waals surface area contributed by atoms with E-state index in [0.29, 0.717) is 5.75 Å². The highest BCUT2D eigenvalue weighted by Gasteiger charge is 2.24. The Morgan fingerprint density at radius 2 is 2.00 bits per heavy atom. The van der Waals surface area contributed by atoms with Crippen LogP contribution in [0.4, 0.5) is 5.69 Å². The molecule has 0 unspecified atom stereocenters. The summed E-state index contributed by atoms with van der Waals surface area (Å²) in [6.45, 7) is 2.82. The van der Waals surface area contributed by atoms with Crippen molar-refractivity contribution in [3.05, 3.63) is 59.7 Å². The van der Waals surface area contributed by atoms with Crippen LogP contribution in [-0.4, -0.2) is 27.6 Å². The Hall–Kier alpha value is -2.18. The number of para-hydroxylation sites is 1. The molecule has 2 heterocycles. The van der Waals surface area contributed by atoms with Crippen LogP contribution in [-0.2, 0) is 11.2 Å². The fourth-order valence-electron chi connectivity index (χ4n) is 2.89. The van der Waals surface area contributed by atoms with E-state index in [2.05, 4.69) is 34.5 Å². The Balaban J connectivity index is 1.41. The van der Waals surface area contributed by atoms with Gasteiger partial charge in [0.25, 0.3) is 0 Å². The van der Waals surface area contributed by atoms with E-state index >= 15 is 0 Å². The Morgan fingerprint density at radius 1 is 1.20 bits per heavy atom. The topological polar surface area (TPSA) is 46.1 Å². The highest BCUT2D eigenvalue weighted by Crippen LogP contribution is 2.30. The van der Waals surface area contributed by atoms with Crippen LogP contribution in [0.25, 0.3) is 11.4 Å². The molecule has 4 rings (SSSR count). The first-order chi connectivity index (χ1) is 12.2. The van der Waals surface area contributed by atoms with Gasteiger partial charge in [-0.3, -0.25) is 4.79 Å². The van der Waals surface area contributed by atoms with Crippen molar-refractivity contribution in [3.8, 4) is 11.4 Å². The van der Waals surface area contributed by atoms with Crippen molar-refractivity contribution < 1.29 is 4.79 Å². The highest BCUT2D eigenvalue weighted by atomic mass is 32.2. The summed E-state index contributed by atoms with van der Waals surface area (Å²) in [4.78, 5) is 19.0. The summed E-state index contributed by atoms with van der Waals surface area (Å²) in [5, 5.41) is 0. The van der Waals surface area contributed by atoms with E-state index < -0.39 is 0 Å². The molecule has 0 atom stereocenters. The van der Waals surface area contributed by atoms with Gasteiger partial charge in [-0.25, -0.2) is 4.98 Å². The molecule has 126 valence electrons. The lowest BCUT2D eigenvalue weighted by atomic mass is 10.1. The zero-order valence-corrected chi connectivity index (χ0v) is 15.4. The standard InChI is InChI=1S/C19H17N3OS2/c1-13-6-8-15(9-7-13)18-20-19(25-21-18)24-12-17(23)22-11-10-14-4-2-3-5-16(14)22/h2-9H,10-12H2,1H3. The Labute approximate surface area is 155 Å². The number of aryl methyl sites for hydroxylation is 1. The lowest BCUT2D eigenvalue weighted by molar-refractivity contribution is -0.116. The fourth-order valence-corrected chi connectivity index (χ4v) is 4.38. The van der Waals surface area contributed by atoms with Crippen LogP contribution in [0.3, 0.4) is 0 Å². The number of fused-ring (bicyclic) bond motifs is 1. The molecule has 3 aromatic rings. The van der Waals surface area contributed by atoms with Crippen LogP contribution in [0.5, 0.6) is 0 Å². The minimum absolute atomic E-state index is 0.127. The van der Waals surface area contributed by atoms with Gasteiger partial charge in [0.05, 0.1) is 5.75 Å². The maximum Gasteiger partial charge on any atom is 0.237 e. The van der Waals surface area contributed by atoms with E-state index in [1.807, 2.05) is 35.2 Å². The van der Waals surface area contributed by atoms with Crippen molar-refractivity contribution in [3.63, 3.8) is 0 Å². The third-order valence-electron chi connectivity index (χ3n) is 4.22. The first-order valence-electron chi connectivity index (χ1n) is 8.12. The van der Waals surface area contributed by atoms with Gasteiger partial charge in [-0.1, -0.05) is 59.8 Å². The molecule has 4 nitrogen and oxygen atoms in total. The van der Waals surface area contributed by atoms with Crippen molar-refractivity contribution in [2.45, 2.75) is 17.7 Å². The number of benzene rings is 2. The first kappa shape index (κ1) is 16.3. The van der Waals surface area contributed by atoms with Gasteiger partial charge in [-0.15, -0.1) is 0 Å². The van der Waals surface area contributed by atoms with Gasteiger partial charge in [0.2, 0.25) is 5.91 Å². The van der Waals surface area contributed by atoms with E-state index in [1.54, 1.807) is 0 Å². The number of rotatable bonds is 4. The molecule has 6 heteroatoms. The van der Waals surface area contributed by atoms with Crippen molar-refractivity contribution in [1.82, 2.24) is 9.36 Å². The second-order valence-electron chi connectivity index (χ2n) is 5.96. The van der Waals surface area contributed by atoms with E-state index in [1.165, 1.54) is 34.4 Å². The molecule has 1 amide bonds. The number of hydrogen-bond donors (Lipinski definition) is 0. The summed E-state index contributed by atoms with van der Waals surface area (Å²) in [7, 11) is 0. The molecule has 0 N–H and O–H groups in total. The molecule has 1 aromatic heterocycles. The van der Waals surface area contributed by atoms with E-state index in [-0.39, 0.29) is 5.91 Å². The summed E-state index contributed by atoms with van der Waals surface area (Å²) in [6, 6.07) is 16.3. The molecular weight excluding hydrogens is 350 g/mol. The highest BCUT2D eigenvalue weighted by molar-refractivity contribution is 8.01. The maximum absolute atomic E-state index is 12.6. The largest absolute Gasteiger partial charge is 0.311 e. The molecule has 0 bridgehead atoms. The SMILES string of the molecule is Cc1ccc(-c2nsc(SCC(=O)N3CCc4ccccc43)n2)cc1. The zero-order chi connectivity index (χ0) is 17.2. The molecular formula is C19H17N3OS2. The molecule has 0 saturated heterocycles. The number of aromatic nitrogens is 2. The summed E-state index contributed by atoms with van der Waals surface area (Å²) in [5.74, 6) is 1.24. The molecule has 0 spiro atoms. The van der Waals surface area contributed by atoms with Crippen LogP contribution >= 0.6 is 23.3 Å². The number of nitrogens with zero attached hydrogens (tertiary/aromatic N) is 3. The van der Waals surface area contributed by atoms with Gasteiger partial charge in [-0.05, 0) is 36.5 Å². The molecule has 0 saturated carbocycles. The average molecular weight is 367 g/mol.